The Labute approximate surface area is 114 Å². The van der Waals surface area contributed by atoms with E-state index in [9.17, 15) is 4.79 Å². The lowest BCUT2D eigenvalue weighted by molar-refractivity contribution is -0.129. The summed E-state index contributed by atoms with van der Waals surface area (Å²) in [6.07, 6.45) is 3.84. The number of nitrogens with two attached hydrogens (primary N) is 1. The third kappa shape index (κ3) is 2.80. The van der Waals surface area contributed by atoms with Crippen molar-refractivity contribution in [3.05, 3.63) is 35.4 Å². The van der Waals surface area contributed by atoms with Crippen LogP contribution in [0.1, 0.15) is 36.8 Å². The molecule has 0 spiro atoms. The summed E-state index contributed by atoms with van der Waals surface area (Å²) in [6.45, 7) is 0.760. The van der Waals surface area contributed by atoms with Gasteiger partial charge >= 0.3 is 0 Å². The van der Waals surface area contributed by atoms with Gasteiger partial charge in [0, 0.05) is 6.54 Å². The third-order valence-electron chi connectivity index (χ3n) is 4.25. The maximum absolute atomic E-state index is 11.8. The van der Waals surface area contributed by atoms with E-state index in [0.717, 1.165) is 36.8 Å². The molecule has 4 heteroatoms. The normalized spacial score (nSPS) is 17.8. The lowest BCUT2D eigenvalue weighted by Gasteiger charge is -2.36. The number of primary amides is 1. The van der Waals surface area contributed by atoms with Gasteiger partial charge in [-0.2, -0.15) is 0 Å². The molecule has 1 aromatic rings. The Morgan fingerprint density at radius 2 is 1.79 bits per heavy atom. The number of aliphatic hydroxyl groups is 1. The van der Waals surface area contributed by atoms with Crippen LogP contribution in [0.25, 0.3) is 0 Å². The van der Waals surface area contributed by atoms with Crippen molar-refractivity contribution >= 4 is 5.91 Å². The van der Waals surface area contributed by atoms with Crippen LogP contribution in [-0.4, -0.2) is 28.5 Å². The lowest BCUT2D eigenvalue weighted by atomic mass is 9.94. The molecule has 4 nitrogen and oxygen atoms in total. The molecule has 1 aromatic carbocycles. The second kappa shape index (κ2) is 5.72. The minimum absolute atomic E-state index is 0.0569. The molecule has 104 valence electrons. The van der Waals surface area contributed by atoms with Crippen molar-refractivity contribution < 1.29 is 9.90 Å². The monoisotopic (exact) mass is 262 g/mol. The molecule has 19 heavy (non-hydrogen) atoms. The van der Waals surface area contributed by atoms with Crippen molar-refractivity contribution in [2.24, 2.45) is 5.73 Å². The van der Waals surface area contributed by atoms with E-state index in [1.54, 1.807) is 0 Å². The van der Waals surface area contributed by atoms with Crippen LogP contribution in [0.15, 0.2) is 24.3 Å². The van der Waals surface area contributed by atoms with Crippen LogP contribution in [-0.2, 0) is 17.9 Å². The smallest absolute Gasteiger partial charge is 0.237 e. The molecule has 1 saturated carbocycles. The number of amides is 1. The molecule has 0 radical (unpaired) electrons. The Bertz CT molecular complexity index is 436. The number of benzene rings is 1. The standard InChI is InChI=1S/C15H22N2O2/c1-17(15(14(16)19)8-2-3-9-15)10-12-4-6-13(11-18)7-5-12/h4-7,18H,2-3,8-11H2,1H3,(H2,16,19). The molecule has 0 atom stereocenters. The molecule has 1 amide bonds. The average Bonchev–Trinajstić information content (AvgIpc) is 2.90. The first-order valence-electron chi connectivity index (χ1n) is 6.78. The lowest BCUT2D eigenvalue weighted by Crippen LogP contribution is -2.53. The van der Waals surface area contributed by atoms with Crippen LogP contribution in [0.3, 0.4) is 0 Å². The highest BCUT2D eigenvalue weighted by molar-refractivity contribution is 5.85. The van der Waals surface area contributed by atoms with Crippen molar-refractivity contribution in [3.63, 3.8) is 0 Å². The van der Waals surface area contributed by atoms with Crippen LogP contribution in [0.5, 0.6) is 0 Å². The fraction of sp³-hybridized carbons (Fsp3) is 0.533. The van der Waals surface area contributed by atoms with E-state index in [0.29, 0.717) is 6.54 Å². The Morgan fingerprint density at radius 1 is 1.26 bits per heavy atom. The predicted octanol–water partition coefficient (Wildman–Crippen LogP) is 1.41. The van der Waals surface area contributed by atoms with Gasteiger partial charge in [0.2, 0.25) is 5.91 Å². The zero-order valence-electron chi connectivity index (χ0n) is 11.4. The Balaban J connectivity index is 2.10. The van der Waals surface area contributed by atoms with Gasteiger partial charge in [0.15, 0.2) is 0 Å². The number of nitrogens with zero attached hydrogens (tertiary/aromatic N) is 1. The second-order valence-corrected chi connectivity index (χ2v) is 5.43. The zero-order chi connectivity index (χ0) is 13.9. The van der Waals surface area contributed by atoms with Crippen molar-refractivity contribution in [3.8, 4) is 0 Å². The maximum Gasteiger partial charge on any atom is 0.237 e. The number of rotatable bonds is 5. The first-order chi connectivity index (χ1) is 9.08. The molecule has 0 heterocycles. The van der Waals surface area contributed by atoms with E-state index in [1.165, 1.54) is 0 Å². The maximum atomic E-state index is 11.8. The quantitative estimate of drug-likeness (QED) is 0.843. The van der Waals surface area contributed by atoms with Crippen molar-refractivity contribution in [1.29, 1.82) is 0 Å². The Morgan fingerprint density at radius 3 is 2.26 bits per heavy atom. The van der Waals surface area contributed by atoms with Gasteiger partial charge < -0.3 is 10.8 Å². The SMILES string of the molecule is CN(Cc1ccc(CO)cc1)C1(C(N)=O)CCCC1. The molecule has 1 aliphatic carbocycles. The highest BCUT2D eigenvalue weighted by Gasteiger charge is 2.42. The summed E-state index contributed by atoms with van der Waals surface area (Å²) in [7, 11) is 1.97. The largest absolute Gasteiger partial charge is 0.392 e. The number of carbonyl (C=O) groups excluding carboxylic acids is 1. The highest BCUT2D eigenvalue weighted by atomic mass is 16.3. The summed E-state index contributed by atoms with van der Waals surface area (Å²) in [5, 5.41) is 9.03. The molecule has 1 aliphatic rings. The molecule has 0 aliphatic heterocycles. The third-order valence-corrected chi connectivity index (χ3v) is 4.25. The summed E-state index contributed by atoms with van der Waals surface area (Å²) in [5.74, 6) is -0.209. The molecular weight excluding hydrogens is 240 g/mol. The topological polar surface area (TPSA) is 66.6 Å². The first-order valence-corrected chi connectivity index (χ1v) is 6.78. The van der Waals surface area contributed by atoms with Crippen LogP contribution >= 0.6 is 0 Å². The molecule has 0 saturated heterocycles. The van der Waals surface area contributed by atoms with Gasteiger partial charge in [-0.15, -0.1) is 0 Å². The van der Waals surface area contributed by atoms with E-state index >= 15 is 0 Å². The molecule has 2 rings (SSSR count). The zero-order valence-corrected chi connectivity index (χ0v) is 11.4. The Hall–Kier alpha value is -1.39. The minimum Gasteiger partial charge on any atom is -0.392 e. The Kier molecular flexibility index (Phi) is 4.22. The van der Waals surface area contributed by atoms with E-state index < -0.39 is 5.54 Å². The van der Waals surface area contributed by atoms with E-state index in [-0.39, 0.29) is 12.5 Å². The van der Waals surface area contributed by atoms with Gasteiger partial charge in [-0.1, -0.05) is 37.1 Å². The summed E-state index contributed by atoms with van der Waals surface area (Å²) in [5.41, 5.74) is 7.17. The van der Waals surface area contributed by atoms with Crippen molar-refractivity contribution in [1.82, 2.24) is 4.90 Å². The summed E-state index contributed by atoms with van der Waals surface area (Å²) < 4.78 is 0. The number of likely N-dealkylation sites (N-methyl/N-ethyl adjacent to an activating group) is 1. The van der Waals surface area contributed by atoms with Crippen LogP contribution < -0.4 is 5.73 Å². The van der Waals surface area contributed by atoms with E-state index in [1.807, 2.05) is 31.3 Å². The molecule has 1 fully saturated rings. The second-order valence-electron chi connectivity index (χ2n) is 5.43. The van der Waals surface area contributed by atoms with E-state index in [4.69, 9.17) is 10.8 Å². The first kappa shape index (κ1) is 14.0. The molecule has 0 unspecified atom stereocenters. The molecule has 0 aromatic heterocycles. The molecular formula is C15H22N2O2. The van der Waals surface area contributed by atoms with Gasteiger partial charge in [0.1, 0.15) is 5.54 Å². The van der Waals surface area contributed by atoms with Gasteiger partial charge in [-0.25, -0.2) is 0 Å². The number of carbonyl (C=O) groups is 1. The summed E-state index contributed by atoms with van der Waals surface area (Å²) in [4.78, 5) is 13.9. The van der Waals surface area contributed by atoms with Gasteiger partial charge in [-0.05, 0) is 31.0 Å². The van der Waals surface area contributed by atoms with E-state index in [2.05, 4.69) is 4.90 Å². The molecule has 3 N–H and O–H groups in total. The predicted molar refractivity (Wildman–Crippen MR) is 74.2 cm³/mol. The fourth-order valence-electron chi connectivity index (χ4n) is 2.95. The number of aliphatic hydroxyl groups excluding tert-OH is 1. The van der Waals surface area contributed by atoms with Crippen LogP contribution in [0.2, 0.25) is 0 Å². The molecule has 0 bridgehead atoms. The van der Waals surface area contributed by atoms with Gasteiger partial charge in [-0.3, -0.25) is 9.69 Å². The van der Waals surface area contributed by atoms with Crippen LogP contribution in [0, 0.1) is 0 Å². The van der Waals surface area contributed by atoms with Gasteiger partial charge in [0.05, 0.1) is 6.61 Å². The minimum atomic E-state index is -0.477. The fourth-order valence-corrected chi connectivity index (χ4v) is 2.95. The van der Waals surface area contributed by atoms with Crippen molar-refractivity contribution in [2.45, 2.75) is 44.4 Å². The summed E-state index contributed by atoms with van der Waals surface area (Å²) in [6, 6.07) is 7.81. The van der Waals surface area contributed by atoms with Crippen molar-refractivity contribution in [2.75, 3.05) is 7.05 Å². The highest BCUT2D eigenvalue weighted by Crippen LogP contribution is 2.35. The number of hydrogen-bond donors (Lipinski definition) is 2. The van der Waals surface area contributed by atoms with Crippen LogP contribution in [0.4, 0.5) is 0 Å². The van der Waals surface area contributed by atoms with Gasteiger partial charge in [0.25, 0.3) is 0 Å². The average molecular weight is 262 g/mol. The summed E-state index contributed by atoms with van der Waals surface area (Å²) >= 11 is 0. The number of hydrogen-bond acceptors (Lipinski definition) is 3.